The summed E-state index contributed by atoms with van der Waals surface area (Å²) in [6, 6.07) is 0. The Kier molecular flexibility index (Phi) is 3.08. The largest absolute Gasteiger partial charge is 0.351 e. The van der Waals surface area contributed by atoms with E-state index in [1.807, 2.05) is 4.90 Å². The van der Waals surface area contributed by atoms with E-state index in [1.165, 1.54) is 12.4 Å². The van der Waals surface area contributed by atoms with E-state index >= 15 is 0 Å². The molecule has 0 unspecified atom stereocenters. The van der Waals surface area contributed by atoms with Crippen molar-refractivity contribution in [3.05, 3.63) is 18.2 Å². The van der Waals surface area contributed by atoms with Crippen LogP contribution in [0.1, 0.15) is 32.1 Å². The molecule has 0 atom stereocenters. The standard InChI is InChI=1S/C13H17FN4O/c14-10-8-15-12(16-9-10)18-6-4-13(5-7-18)3-1-2-11(19)17-13/h8-9H,1-7H2,(H,17,19). The predicted octanol–water partition coefficient (Wildman–Crippen LogP) is 1.25. The van der Waals surface area contributed by atoms with Crippen LogP contribution in [0.25, 0.3) is 0 Å². The minimum absolute atomic E-state index is 0.0358. The Labute approximate surface area is 111 Å². The Morgan fingerprint density at radius 2 is 1.89 bits per heavy atom. The summed E-state index contributed by atoms with van der Waals surface area (Å²) >= 11 is 0. The number of amides is 1. The number of halogens is 1. The Morgan fingerprint density at radius 3 is 2.53 bits per heavy atom. The van der Waals surface area contributed by atoms with Gasteiger partial charge in [-0.15, -0.1) is 0 Å². The minimum atomic E-state index is -0.420. The maximum atomic E-state index is 12.8. The number of hydrogen-bond acceptors (Lipinski definition) is 4. The fraction of sp³-hybridized carbons (Fsp3) is 0.615. The van der Waals surface area contributed by atoms with Gasteiger partial charge in [0.15, 0.2) is 5.82 Å². The van der Waals surface area contributed by atoms with Gasteiger partial charge >= 0.3 is 0 Å². The molecule has 1 aromatic heterocycles. The van der Waals surface area contributed by atoms with Crippen LogP contribution in [0.3, 0.4) is 0 Å². The topological polar surface area (TPSA) is 58.1 Å². The predicted molar refractivity (Wildman–Crippen MR) is 68.2 cm³/mol. The maximum absolute atomic E-state index is 12.8. The Bertz CT molecular complexity index is 468. The second-order valence-corrected chi connectivity index (χ2v) is 5.37. The SMILES string of the molecule is O=C1CCCC2(CCN(c3ncc(F)cn3)CC2)N1. The summed E-state index contributed by atoms with van der Waals surface area (Å²) in [5.74, 6) is 0.313. The Balaban J connectivity index is 1.66. The van der Waals surface area contributed by atoms with E-state index < -0.39 is 5.82 Å². The van der Waals surface area contributed by atoms with Crippen molar-refractivity contribution in [2.24, 2.45) is 0 Å². The zero-order chi connectivity index (χ0) is 13.3. The first-order valence-corrected chi connectivity index (χ1v) is 6.70. The van der Waals surface area contributed by atoms with Gasteiger partial charge in [0.2, 0.25) is 11.9 Å². The molecule has 1 N–H and O–H groups in total. The van der Waals surface area contributed by atoms with Crippen LogP contribution in [-0.4, -0.2) is 34.5 Å². The van der Waals surface area contributed by atoms with E-state index in [4.69, 9.17) is 0 Å². The van der Waals surface area contributed by atoms with Gasteiger partial charge in [0, 0.05) is 25.0 Å². The van der Waals surface area contributed by atoms with Gasteiger partial charge in [0.25, 0.3) is 0 Å². The quantitative estimate of drug-likeness (QED) is 0.829. The van der Waals surface area contributed by atoms with Crippen molar-refractivity contribution >= 4 is 11.9 Å². The number of aromatic nitrogens is 2. The highest BCUT2D eigenvalue weighted by atomic mass is 19.1. The smallest absolute Gasteiger partial charge is 0.225 e. The summed E-state index contributed by atoms with van der Waals surface area (Å²) in [4.78, 5) is 21.6. The zero-order valence-corrected chi connectivity index (χ0v) is 10.7. The first kappa shape index (κ1) is 12.3. The lowest BCUT2D eigenvalue weighted by molar-refractivity contribution is -0.125. The molecule has 19 heavy (non-hydrogen) atoms. The average Bonchev–Trinajstić information content (AvgIpc) is 2.41. The van der Waals surface area contributed by atoms with Crippen LogP contribution in [0.4, 0.5) is 10.3 Å². The third-order valence-corrected chi connectivity index (χ3v) is 4.07. The monoisotopic (exact) mass is 264 g/mol. The number of anilines is 1. The van der Waals surface area contributed by atoms with Gasteiger partial charge in [0.05, 0.1) is 12.4 Å². The molecule has 3 heterocycles. The lowest BCUT2D eigenvalue weighted by Crippen LogP contribution is -2.57. The summed E-state index contributed by atoms with van der Waals surface area (Å²) in [5.41, 5.74) is -0.0358. The van der Waals surface area contributed by atoms with Gasteiger partial charge in [-0.2, -0.15) is 0 Å². The second kappa shape index (κ2) is 4.75. The highest BCUT2D eigenvalue weighted by molar-refractivity contribution is 5.77. The summed E-state index contributed by atoms with van der Waals surface area (Å²) in [6.45, 7) is 1.60. The van der Waals surface area contributed by atoms with E-state index in [9.17, 15) is 9.18 Å². The highest BCUT2D eigenvalue weighted by Crippen LogP contribution is 2.31. The molecule has 2 fully saturated rings. The fourth-order valence-electron chi connectivity index (χ4n) is 2.99. The van der Waals surface area contributed by atoms with Crippen molar-refractivity contribution in [3.63, 3.8) is 0 Å². The van der Waals surface area contributed by atoms with Gasteiger partial charge < -0.3 is 10.2 Å². The molecule has 0 aromatic carbocycles. The molecule has 5 nitrogen and oxygen atoms in total. The van der Waals surface area contributed by atoms with Crippen LogP contribution in [0.2, 0.25) is 0 Å². The first-order chi connectivity index (χ1) is 9.17. The van der Waals surface area contributed by atoms with Crippen molar-refractivity contribution in [2.75, 3.05) is 18.0 Å². The second-order valence-electron chi connectivity index (χ2n) is 5.37. The number of carbonyl (C=O) groups is 1. The molecular weight excluding hydrogens is 247 g/mol. The molecule has 0 bridgehead atoms. The summed E-state index contributed by atoms with van der Waals surface area (Å²) < 4.78 is 12.8. The van der Waals surface area contributed by atoms with Gasteiger partial charge in [-0.1, -0.05) is 0 Å². The minimum Gasteiger partial charge on any atom is -0.351 e. The van der Waals surface area contributed by atoms with Crippen LogP contribution in [0, 0.1) is 5.82 Å². The summed E-state index contributed by atoms with van der Waals surface area (Å²) in [5, 5.41) is 3.15. The van der Waals surface area contributed by atoms with Crippen molar-refractivity contribution in [3.8, 4) is 0 Å². The molecule has 1 aromatic rings. The molecule has 2 saturated heterocycles. The molecule has 6 heteroatoms. The van der Waals surface area contributed by atoms with E-state index in [-0.39, 0.29) is 11.4 Å². The molecule has 2 aliphatic heterocycles. The van der Waals surface area contributed by atoms with E-state index in [0.29, 0.717) is 12.4 Å². The van der Waals surface area contributed by atoms with Gasteiger partial charge in [0.1, 0.15) is 0 Å². The number of nitrogens with zero attached hydrogens (tertiary/aromatic N) is 3. The van der Waals surface area contributed by atoms with E-state index in [2.05, 4.69) is 15.3 Å². The van der Waals surface area contributed by atoms with E-state index in [0.717, 1.165) is 38.8 Å². The lowest BCUT2D eigenvalue weighted by Gasteiger charge is -2.44. The van der Waals surface area contributed by atoms with Gasteiger partial charge in [-0.25, -0.2) is 14.4 Å². The van der Waals surface area contributed by atoms with E-state index in [1.54, 1.807) is 0 Å². The molecule has 0 aliphatic carbocycles. The Morgan fingerprint density at radius 1 is 1.21 bits per heavy atom. The molecule has 0 saturated carbocycles. The number of nitrogens with one attached hydrogen (secondary N) is 1. The molecular formula is C13H17FN4O. The molecule has 3 rings (SSSR count). The number of carbonyl (C=O) groups excluding carboxylic acids is 1. The van der Waals surface area contributed by atoms with Crippen molar-refractivity contribution < 1.29 is 9.18 Å². The Hall–Kier alpha value is -1.72. The van der Waals surface area contributed by atoms with Crippen molar-refractivity contribution in [1.29, 1.82) is 0 Å². The van der Waals surface area contributed by atoms with Gasteiger partial charge in [-0.05, 0) is 25.7 Å². The molecule has 1 spiro atoms. The number of rotatable bonds is 1. The lowest BCUT2D eigenvalue weighted by atomic mass is 9.80. The first-order valence-electron chi connectivity index (χ1n) is 6.70. The van der Waals surface area contributed by atoms with Gasteiger partial charge in [-0.3, -0.25) is 4.79 Å². The van der Waals surface area contributed by atoms with Crippen LogP contribution >= 0.6 is 0 Å². The zero-order valence-electron chi connectivity index (χ0n) is 10.7. The number of hydrogen-bond donors (Lipinski definition) is 1. The molecule has 102 valence electrons. The van der Waals surface area contributed by atoms with Crippen LogP contribution in [-0.2, 0) is 4.79 Å². The molecule has 2 aliphatic rings. The summed E-state index contributed by atoms with van der Waals surface area (Å²) in [6.07, 6.45) is 6.85. The molecule has 1 amide bonds. The van der Waals surface area contributed by atoms with Crippen LogP contribution in [0.5, 0.6) is 0 Å². The van der Waals surface area contributed by atoms with Crippen LogP contribution < -0.4 is 10.2 Å². The number of piperidine rings is 2. The normalized spacial score (nSPS) is 22.4. The summed E-state index contributed by atoms with van der Waals surface area (Å²) in [7, 11) is 0. The highest BCUT2D eigenvalue weighted by Gasteiger charge is 2.38. The fourth-order valence-corrected chi connectivity index (χ4v) is 2.99. The average molecular weight is 264 g/mol. The molecule has 0 radical (unpaired) electrons. The van der Waals surface area contributed by atoms with Crippen molar-refractivity contribution in [1.82, 2.24) is 15.3 Å². The maximum Gasteiger partial charge on any atom is 0.225 e. The third-order valence-electron chi connectivity index (χ3n) is 4.07. The van der Waals surface area contributed by atoms with Crippen molar-refractivity contribution in [2.45, 2.75) is 37.6 Å². The van der Waals surface area contributed by atoms with Crippen LogP contribution in [0.15, 0.2) is 12.4 Å². The third kappa shape index (κ3) is 2.52.